The highest BCUT2D eigenvalue weighted by atomic mass is 15.1. The average Bonchev–Trinajstić information content (AvgIpc) is 3.79. The van der Waals surface area contributed by atoms with Crippen molar-refractivity contribution in [3.63, 3.8) is 0 Å². The Bertz CT molecular complexity index is 3330. The summed E-state index contributed by atoms with van der Waals surface area (Å²) in [5.41, 5.74) is 22.7. The highest BCUT2D eigenvalue weighted by Crippen LogP contribution is 2.59. The second-order valence-corrected chi connectivity index (χ2v) is 18.0. The standard InChI is InChI=1S/C64H47N/c1-63(2)58-29-17-15-28-54(58)55-39-36-51(42-59(55)63)65(62-30-18-16-27-53(62)47-33-31-46(32-34-47)44-19-7-3-8-20-44)52-37-40-57-56-38-35-48(45-21-9-4-10-22-45)41-60(56)64(61(57)43-52,49-23-11-5-12-24-49)50-25-13-6-14-26-50/h3-43H,1-2H3. The summed E-state index contributed by atoms with van der Waals surface area (Å²) >= 11 is 0. The molecule has 1 heteroatoms. The van der Waals surface area contributed by atoms with Crippen molar-refractivity contribution in [3.8, 4) is 55.6 Å². The van der Waals surface area contributed by atoms with Gasteiger partial charge in [0.15, 0.2) is 0 Å². The number of anilines is 3. The third kappa shape index (κ3) is 6.15. The van der Waals surface area contributed by atoms with E-state index in [2.05, 4.69) is 267 Å². The number of hydrogen-bond donors (Lipinski definition) is 0. The lowest BCUT2D eigenvalue weighted by Crippen LogP contribution is -2.29. The largest absolute Gasteiger partial charge is 0.310 e. The van der Waals surface area contributed by atoms with E-state index in [1.54, 1.807) is 0 Å². The van der Waals surface area contributed by atoms with E-state index >= 15 is 0 Å². The number of fused-ring (bicyclic) bond motifs is 6. The molecule has 0 spiro atoms. The van der Waals surface area contributed by atoms with Gasteiger partial charge in [-0.25, -0.2) is 0 Å². The molecule has 12 rings (SSSR count). The molecule has 0 heterocycles. The Morgan fingerprint density at radius 1 is 0.277 bits per heavy atom. The fourth-order valence-electron chi connectivity index (χ4n) is 11.1. The molecule has 10 aromatic carbocycles. The molecule has 0 saturated heterocycles. The minimum Gasteiger partial charge on any atom is -0.310 e. The highest BCUT2D eigenvalue weighted by Gasteiger charge is 2.47. The van der Waals surface area contributed by atoms with E-state index in [0.717, 1.165) is 17.1 Å². The maximum Gasteiger partial charge on any atom is 0.0714 e. The minimum atomic E-state index is -0.589. The predicted molar refractivity (Wildman–Crippen MR) is 272 cm³/mol. The zero-order chi connectivity index (χ0) is 43.5. The van der Waals surface area contributed by atoms with Gasteiger partial charge in [0.1, 0.15) is 0 Å². The molecular formula is C64H47N. The molecule has 0 bridgehead atoms. The highest BCUT2D eigenvalue weighted by molar-refractivity contribution is 5.94. The van der Waals surface area contributed by atoms with Gasteiger partial charge in [-0.05, 0) is 120 Å². The zero-order valence-corrected chi connectivity index (χ0v) is 36.6. The van der Waals surface area contributed by atoms with E-state index in [-0.39, 0.29) is 5.41 Å². The van der Waals surface area contributed by atoms with Crippen molar-refractivity contribution >= 4 is 17.1 Å². The average molecular weight is 830 g/mol. The Kier molecular flexibility index (Phi) is 9.14. The summed E-state index contributed by atoms with van der Waals surface area (Å²) in [4.78, 5) is 2.51. The molecule has 0 N–H and O–H groups in total. The number of rotatable bonds is 8. The first-order valence-corrected chi connectivity index (χ1v) is 22.8. The van der Waals surface area contributed by atoms with E-state index in [1.165, 1.54) is 89.0 Å². The van der Waals surface area contributed by atoms with Gasteiger partial charge < -0.3 is 4.90 Å². The van der Waals surface area contributed by atoms with Crippen LogP contribution in [-0.4, -0.2) is 0 Å². The van der Waals surface area contributed by atoms with E-state index in [4.69, 9.17) is 0 Å². The monoisotopic (exact) mass is 829 g/mol. The van der Waals surface area contributed by atoms with Crippen molar-refractivity contribution in [2.75, 3.05) is 4.90 Å². The van der Waals surface area contributed by atoms with Gasteiger partial charge in [-0.2, -0.15) is 0 Å². The summed E-state index contributed by atoms with van der Waals surface area (Å²) in [6.45, 7) is 4.75. The minimum absolute atomic E-state index is 0.161. The van der Waals surface area contributed by atoms with Crippen LogP contribution in [0.2, 0.25) is 0 Å². The maximum atomic E-state index is 2.51. The first-order valence-electron chi connectivity index (χ1n) is 22.8. The fraction of sp³-hybridized carbons (Fsp3) is 0.0625. The molecule has 2 aliphatic carbocycles. The van der Waals surface area contributed by atoms with Gasteiger partial charge in [0.05, 0.1) is 11.1 Å². The molecule has 10 aromatic rings. The Morgan fingerprint density at radius 3 is 1.29 bits per heavy atom. The molecule has 0 radical (unpaired) electrons. The number of benzene rings is 10. The van der Waals surface area contributed by atoms with Crippen LogP contribution in [0.15, 0.2) is 249 Å². The molecule has 0 aromatic heterocycles. The van der Waals surface area contributed by atoms with Gasteiger partial charge in [-0.15, -0.1) is 0 Å². The fourth-order valence-corrected chi connectivity index (χ4v) is 11.1. The van der Waals surface area contributed by atoms with Gasteiger partial charge in [0.25, 0.3) is 0 Å². The molecule has 0 unspecified atom stereocenters. The van der Waals surface area contributed by atoms with Crippen LogP contribution in [0, 0.1) is 0 Å². The number of para-hydroxylation sites is 1. The second-order valence-electron chi connectivity index (χ2n) is 18.0. The summed E-state index contributed by atoms with van der Waals surface area (Å²) in [6.07, 6.45) is 0. The SMILES string of the molecule is CC1(C)c2ccccc2-c2ccc(N(c3ccc4c(c3)C(c3ccccc3)(c3ccccc3)c3cc(-c5ccccc5)ccc3-4)c3ccccc3-c3ccc(-c4ccccc4)cc3)cc21. The molecule has 1 nitrogen and oxygen atoms in total. The quantitative estimate of drug-likeness (QED) is 0.147. The third-order valence-electron chi connectivity index (χ3n) is 14.2. The van der Waals surface area contributed by atoms with Crippen molar-refractivity contribution < 1.29 is 0 Å². The predicted octanol–water partition coefficient (Wildman–Crippen LogP) is 16.8. The number of hydrogen-bond acceptors (Lipinski definition) is 1. The van der Waals surface area contributed by atoms with Crippen molar-refractivity contribution in [3.05, 3.63) is 282 Å². The van der Waals surface area contributed by atoms with Crippen LogP contribution in [-0.2, 0) is 10.8 Å². The Morgan fingerprint density at radius 2 is 0.677 bits per heavy atom. The molecule has 65 heavy (non-hydrogen) atoms. The van der Waals surface area contributed by atoms with Crippen molar-refractivity contribution in [2.45, 2.75) is 24.7 Å². The Hall–Kier alpha value is -8.00. The molecule has 0 fully saturated rings. The van der Waals surface area contributed by atoms with Crippen LogP contribution in [0.25, 0.3) is 55.6 Å². The lowest BCUT2D eigenvalue weighted by Gasteiger charge is -2.35. The van der Waals surface area contributed by atoms with Gasteiger partial charge in [-0.3, -0.25) is 0 Å². The van der Waals surface area contributed by atoms with E-state index in [9.17, 15) is 0 Å². The van der Waals surface area contributed by atoms with Crippen molar-refractivity contribution in [2.24, 2.45) is 0 Å². The van der Waals surface area contributed by atoms with Gasteiger partial charge in [-0.1, -0.05) is 226 Å². The first-order chi connectivity index (χ1) is 32.0. The third-order valence-corrected chi connectivity index (χ3v) is 14.2. The first kappa shape index (κ1) is 38.7. The lowest BCUT2D eigenvalue weighted by molar-refractivity contribution is 0.660. The van der Waals surface area contributed by atoms with Crippen LogP contribution < -0.4 is 4.90 Å². The molecule has 0 atom stereocenters. The maximum absolute atomic E-state index is 2.51. The van der Waals surface area contributed by atoms with E-state index in [0.29, 0.717) is 0 Å². The normalized spacial score (nSPS) is 13.6. The summed E-state index contributed by atoms with van der Waals surface area (Å²) in [7, 11) is 0. The smallest absolute Gasteiger partial charge is 0.0714 e. The van der Waals surface area contributed by atoms with E-state index < -0.39 is 5.41 Å². The second kappa shape index (κ2) is 15.4. The summed E-state index contributed by atoms with van der Waals surface area (Å²) in [5, 5.41) is 0. The molecule has 0 saturated carbocycles. The number of nitrogens with zero attached hydrogens (tertiary/aromatic N) is 1. The molecule has 2 aliphatic rings. The van der Waals surface area contributed by atoms with Gasteiger partial charge in [0, 0.05) is 22.4 Å². The van der Waals surface area contributed by atoms with E-state index in [1.807, 2.05) is 0 Å². The molecule has 308 valence electrons. The Labute approximate surface area is 382 Å². The Balaban J connectivity index is 1.11. The van der Waals surface area contributed by atoms with Crippen LogP contribution in [0.4, 0.5) is 17.1 Å². The van der Waals surface area contributed by atoms with Crippen LogP contribution >= 0.6 is 0 Å². The molecule has 0 amide bonds. The van der Waals surface area contributed by atoms with Crippen molar-refractivity contribution in [1.82, 2.24) is 0 Å². The van der Waals surface area contributed by atoms with Crippen LogP contribution in [0.3, 0.4) is 0 Å². The zero-order valence-electron chi connectivity index (χ0n) is 36.6. The lowest BCUT2D eigenvalue weighted by atomic mass is 9.67. The van der Waals surface area contributed by atoms with Crippen LogP contribution in [0.1, 0.15) is 47.2 Å². The van der Waals surface area contributed by atoms with Crippen molar-refractivity contribution in [1.29, 1.82) is 0 Å². The summed E-state index contributed by atoms with van der Waals surface area (Å²) in [6, 6.07) is 92.2. The molecule has 0 aliphatic heterocycles. The van der Waals surface area contributed by atoms with Crippen LogP contribution in [0.5, 0.6) is 0 Å². The summed E-state index contributed by atoms with van der Waals surface area (Å²) < 4.78 is 0. The summed E-state index contributed by atoms with van der Waals surface area (Å²) in [5.74, 6) is 0. The topological polar surface area (TPSA) is 3.24 Å². The molecular weight excluding hydrogens is 783 g/mol. The van der Waals surface area contributed by atoms with Gasteiger partial charge >= 0.3 is 0 Å². The van der Waals surface area contributed by atoms with Gasteiger partial charge in [0.2, 0.25) is 0 Å².